The van der Waals surface area contributed by atoms with Crippen LogP contribution in [0.1, 0.15) is 12.5 Å². The van der Waals surface area contributed by atoms with Crippen LogP contribution in [0.25, 0.3) is 0 Å². The SMILES string of the molecule is C[C@]1(c2cc(N)ccc2F)N=C(N)O[C@@H](C(F)(F)F)[C@@H]1F. The first kappa shape index (κ1) is 15.3. The van der Waals surface area contributed by atoms with Crippen molar-refractivity contribution in [3.8, 4) is 0 Å². The topological polar surface area (TPSA) is 73.6 Å². The van der Waals surface area contributed by atoms with Gasteiger partial charge in [-0.25, -0.2) is 13.8 Å². The minimum absolute atomic E-state index is 0.0589. The molecule has 4 nitrogen and oxygen atoms in total. The quantitative estimate of drug-likeness (QED) is 0.617. The van der Waals surface area contributed by atoms with E-state index in [2.05, 4.69) is 9.73 Å². The van der Waals surface area contributed by atoms with Crippen LogP contribution in [-0.2, 0) is 10.3 Å². The molecule has 0 saturated carbocycles. The van der Waals surface area contributed by atoms with Crippen LogP contribution in [0.3, 0.4) is 0 Å². The van der Waals surface area contributed by atoms with Gasteiger partial charge in [0.1, 0.15) is 11.4 Å². The Kier molecular flexibility index (Phi) is 3.46. The van der Waals surface area contributed by atoms with E-state index in [1.165, 1.54) is 6.07 Å². The van der Waals surface area contributed by atoms with Gasteiger partial charge >= 0.3 is 6.18 Å². The van der Waals surface area contributed by atoms with E-state index in [0.29, 0.717) is 0 Å². The molecule has 0 aromatic heterocycles. The van der Waals surface area contributed by atoms with Crippen molar-refractivity contribution in [2.45, 2.75) is 30.9 Å². The Morgan fingerprint density at radius 2 is 1.90 bits per heavy atom. The van der Waals surface area contributed by atoms with Crippen molar-refractivity contribution in [3.63, 3.8) is 0 Å². The second-order valence-electron chi connectivity index (χ2n) is 4.82. The summed E-state index contributed by atoms with van der Waals surface area (Å²) in [6.45, 7) is 1.00. The first-order valence-corrected chi connectivity index (χ1v) is 5.84. The Hall–Kier alpha value is -2.06. The van der Waals surface area contributed by atoms with Gasteiger partial charge in [-0.3, -0.25) is 0 Å². The van der Waals surface area contributed by atoms with Crippen LogP contribution in [-0.4, -0.2) is 24.5 Å². The maximum Gasteiger partial charge on any atom is 0.428 e. The number of ether oxygens (including phenoxy) is 1. The molecule has 0 amide bonds. The van der Waals surface area contributed by atoms with Crippen molar-refractivity contribution < 1.29 is 26.7 Å². The summed E-state index contributed by atoms with van der Waals surface area (Å²) in [5.41, 5.74) is 8.11. The molecule has 0 spiro atoms. The van der Waals surface area contributed by atoms with Crippen molar-refractivity contribution in [1.29, 1.82) is 0 Å². The zero-order valence-corrected chi connectivity index (χ0v) is 10.8. The number of hydrogen-bond donors (Lipinski definition) is 2. The summed E-state index contributed by atoms with van der Waals surface area (Å²) in [5, 5.41) is 0. The van der Waals surface area contributed by atoms with Gasteiger partial charge in [0, 0.05) is 11.3 Å². The first-order valence-electron chi connectivity index (χ1n) is 5.84. The average Bonchev–Trinajstić information content (AvgIpc) is 2.35. The highest BCUT2D eigenvalue weighted by molar-refractivity contribution is 5.73. The number of aliphatic imine (C=N–C) groups is 1. The lowest BCUT2D eigenvalue weighted by Crippen LogP contribution is -2.55. The van der Waals surface area contributed by atoms with Crippen LogP contribution < -0.4 is 11.5 Å². The highest BCUT2D eigenvalue weighted by Crippen LogP contribution is 2.43. The van der Waals surface area contributed by atoms with E-state index < -0.39 is 41.4 Å². The normalized spacial score (nSPS) is 29.7. The summed E-state index contributed by atoms with van der Waals surface area (Å²) in [4.78, 5) is 3.53. The molecular formula is C12H12F5N3O. The Bertz CT molecular complexity index is 589. The fourth-order valence-electron chi connectivity index (χ4n) is 2.17. The number of anilines is 1. The predicted molar refractivity (Wildman–Crippen MR) is 65.6 cm³/mol. The molecule has 1 aliphatic rings. The summed E-state index contributed by atoms with van der Waals surface area (Å²) in [6, 6.07) is 2.28. The van der Waals surface area contributed by atoms with E-state index in [4.69, 9.17) is 11.5 Å². The third-order valence-electron chi connectivity index (χ3n) is 3.25. The van der Waals surface area contributed by atoms with Crippen LogP contribution in [0.4, 0.5) is 27.6 Å². The predicted octanol–water partition coefficient (Wildman–Crippen LogP) is 2.24. The number of nitrogen functional groups attached to an aromatic ring is 1. The molecule has 116 valence electrons. The number of hydrogen-bond acceptors (Lipinski definition) is 4. The van der Waals surface area contributed by atoms with Gasteiger partial charge in [0.2, 0.25) is 6.10 Å². The molecular weight excluding hydrogens is 297 g/mol. The molecule has 0 unspecified atom stereocenters. The molecule has 1 aromatic rings. The van der Waals surface area contributed by atoms with Gasteiger partial charge in [0.15, 0.2) is 6.17 Å². The molecule has 1 aliphatic heterocycles. The van der Waals surface area contributed by atoms with E-state index in [9.17, 15) is 22.0 Å². The molecule has 0 saturated heterocycles. The lowest BCUT2D eigenvalue weighted by Gasteiger charge is -2.38. The van der Waals surface area contributed by atoms with Crippen LogP contribution in [0.2, 0.25) is 0 Å². The molecule has 2 rings (SSSR count). The van der Waals surface area contributed by atoms with Crippen molar-refractivity contribution in [3.05, 3.63) is 29.6 Å². The minimum Gasteiger partial charge on any atom is -0.449 e. The Morgan fingerprint density at radius 3 is 2.48 bits per heavy atom. The minimum atomic E-state index is -5.02. The molecule has 21 heavy (non-hydrogen) atoms. The largest absolute Gasteiger partial charge is 0.449 e. The summed E-state index contributed by atoms with van der Waals surface area (Å²) < 4.78 is 70.9. The highest BCUT2D eigenvalue weighted by atomic mass is 19.4. The highest BCUT2D eigenvalue weighted by Gasteiger charge is 2.58. The van der Waals surface area contributed by atoms with Crippen molar-refractivity contribution in [2.24, 2.45) is 10.7 Å². The maximum absolute atomic E-state index is 14.3. The van der Waals surface area contributed by atoms with Crippen molar-refractivity contribution >= 4 is 11.7 Å². The Labute approximate surface area is 116 Å². The van der Waals surface area contributed by atoms with E-state index in [0.717, 1.165) is 19.1 Å². The second-order valence-corrected chi connectivity index (χ2v) is 4.82. The fraction of sp³-hybridized carbons (Fsp3) is 0.417. The lowest BCUT2D eigenvalue weighted by molar-refractivity contribution is -0.227. The molecule has 0 radical (unpaired) electrons. The number of amidine groups is 1. The van der Waals surface area contributed by atoms with Gasteiger partial charge in [-0.2, -0.15) is 13.2 Å². The summed E-state index contributed by atoms with van der Waals surface area (Å²) in [6.07, 6.45) is -10.5. The number of alkyl halides is 4. The van der Waals surface area contributed by atoms with Crippen LogP contribution in [0.15, 0.2) is 23.2 Å². The molecule has 1 aromatic carbocycles. The standard InChI is InChI=1S/C12H12F5N3O/c1-11(6-4-5(18)2-3-7(6)13)8(14)9(12(15,16)17)21-10(19)20-11/h2-4,8-9H,18H2,1H3,(H2,19,20)/t8-,9+,11+/m0/s1. The third kappa shape index (κ3) is 2.59. The van der Waals surface area contributed by atoms with Gasteiger partial charge in [-0.1, -0.05) is 0 Å². The molecule has 4 N–H and O–H groups in total. The van der Waals surface area contributed by atoms with E-state index >= 15 is 0 Å². The maximum atomic E-state index is 14.3. The van der Waals surface area contributed by atoms with Gasteiger partial charge < -0.3 is 16.2 Å². The zero-order chi connectivity index (χ0) is 16.0. The Balaban J connectivity index is 2.58. The molecule has 1 heterocycles. The fourth-order valence-corrected chi connectivity index (χ4v) is 2.17. The van der Waals surface area contributed by atoms with Gasteiger partial charge in [0.05, 0.1) is 0 Å². The zero-order valence-electron chi connectivity index (χ0n) is 10.8. The summed E-state index contributed by atoms with van der Waals surface area (Å²) >= 11 is 0. The molecule has 0 aliphatic carbocycles. The summed E-state index contributed by atoms with van der Waals surface area (Å²) in [5.74, 6) is -0.936. The number of nitrogens with two attached hydrogens (primary N) is 2. The van der Waals surface area contributed by atoms with Crippen LogP contribution >= 0.6 is 0 Å². The lowest BCUT2D eigenvalue weighted by atomic mass is 9.83. The number of rotatable bonds is 1. The van der Waals surface area contributed by atoms with Crippen LogP contribution in [0.5, 0.6) is 0 Å². The van der Waals surface area contributed by atoms with Crippen molar-refractivity contribution in [2.75, 3.05) is 5.73 Å². The number of halogens is 5. The van der Waals surface area contributed by atoms with Gasteiger partial charge in [-0.15, -0.1) is 0 Å². The molecule has 0 bridgehead atoms. The van der Waals surface area contributed by atoms with Crippen LogP contribution in [0, 0.1) is 5.82 Å². The molecule has 0 fully saturated rings. The number of benzene rings is 1. The third-order valence-corrected chi connectivity index (χ3v) is 3.25. The number of nitrogens with zero attached hydrogens (tertiary/aromatic N) is 1. The smallest absolute Gasteiger partial charge is 0.428 e. The molecule has 9 heteroatoms. The van der Waals surface area contributed by atoms with E-state index in [1.807, 2.05) is 0 Å². The second kappa shape index (κ2) is 4.74. The van der Waals surface area contributed by atoms with Gasteiger partial charge in [-0.05, 0) is 25.1 Å². The first-order chi connectivity index (χ1) is 9.55. The molecule has 3 atom stereocenters. The summed E-state index contributed by atoms with van der Waals surface area (Å²) in [7, 11) is 0. The Morgan fingerprint density at radius 1 is 1.29 bits per heavy atom. The van der Waals surface area contributed by atoms with Gasteiger partial charge in [0.25, 0.3) is 6.02 Å². The van der Waals surface area contributed by atoms with Crippen molar-refractivity contribution in [1.82, 2.24) is 0 Å². The average molecular weight is 309 g/mol. The van der Waals surface area contributed by atoms with E-state index in [-0.39, 0.29) is 5.69 Å². The van der Waals surface area contributed by atoms with E-state index in [1.54, 1.807) is 0 Å². The monoisotopic (exact) mass is 309 g/mol.